The van der Waals surface area contributed by atoms with Gasteiger partial charge in [0.05, 0.1) is 0 Å². The number of aromatic nitrogens is 6. The summed E-state index contributed by atoms with van der Waals surface area (Å²) in [6.45, 7) is 18.2. The molecule has 0 saturated carbocycles. The van der Waals surface area contributed by atoms with E-state index in [1.54, 1.807) is 0 Å². The van der Waals surface area contributed by atoms with Gasteiger partial charge in [0.2, 0.25) is 0 Å². The lowest BCUT2D eigenvalue weighted by molar-refractivity contribution is 0.486. The number of fused-ring (bicyclic) bond motifs is 8. The quantitative estimate of drug-likeness (QED) is 0.144. The van der Waals surface area contributed by atoms with Crippen LogP contribution in [0.2, 0.25) is 0 Å². The first kappa shape index (κ1) is 43.6. The minimum Gasteiger partial charge on any atom is -0.213 e. The molecule has 0 aliphatic heterocycles. The van der Waals surface area contributed by atoms with Crippen molar-refractivity contribution in [3.63, 3.8) is 0 Å². The highest BCUT2D eigenvalue weighted by Gasteiger charge is 2.37. The van der Waals surface area contributed by atoms with Crippen LogP contribution in [0.5, 0.6) is 0 Å². The SMILES string of the molecule is CCC(C)c1nc(-c2ccc3c(c2)C(C)(C)c2ccccc2-3)nc(-c2cc(CC(C)(C)c3nc(-c4ccc5c(c4)C(C)(C)c4ccccc4-5)nc(-c4ccc5ccccc5c4)n3)cc3ccccc23)n1. The lowest BCUT2D eigenvalue weighted by Gasteiger charge is -2.25. The monoisotopic (exact) mass is 908 g/mol. The minimum atomic E-state index is -0.518. The summed E-state index contributed by atoms with van der Waals surface area (Å²) in [6, 6.07) is 59.2. The van der Waals surface area contributed by atoms with Crippen molar-refractivity contribution in [2.75, 3.05) is 0 Å². The second-order valence-corrected chi connectivity index (χ2v) is 21.3. The van der Waals surface area contributed by atoms with Crippen LogP contribution in [0.25, 0.3) is 89.4 Å². The van der Waals surface area contributed by atoms with Gasteiger partial charge in [-0.15, -0.1) is 0 Å². The fourth-order valence-electron chi connectivity index (χ4n) is 11.2. The molecule has 0 N–H and O–H groups in total. The van der Waals surface area contributed by atoms with E-state index in [1.165, 1.54) is 49.9 Å². The van der Waals surface area contributed by atoms with Crippen molar-refractivity contribution in [2.45, 2.75) is 90.4 Å². The van der Waals surface area contributed by atoms with Crippen molar-refractivity contribution in [3.8, 4) is 67.8 Å². The van der Waals surface area contributed by atoms with Gasteiger partial charge in [0, 0.05) is 44.4 Å². The zero-order valence-corrected chi connectivity index (χ0v) is 41.3. The van der Waals surface area contributed by atoms with E-state index in [-0.39, 0.29) is 16.7 Å². The van der Waals surface area contributed by atoms with E-state index >= 15 is 0 Å². The fourth-order valence-corrected chi connectivity index (χ4v) is 11.2. The minimum absolute atomic E-state index is 0.144. The van der Waals surface area contributed by atoms with Gasteiger partial charge in [-0.2, -0.15) is 0 Å². The first-order valence-electron chi connectivity index (χ1n) is 24.8. The number of rotatable bonds is 9. The second kappa shape index (κ2) is 16.2. The topological polar surface area (TPSA) is 77.3 Å². The molecule has 2 aromatic heterocycles. The normalized spacial score (nSPS) is 14.6. The highest BCUT2D eigenvalue weighted by Crippen LogP contribution is 2.51. The number of hydrogen-bond acceptors (Lipinski definition) is 6. The highest BCUT2D eigenvalue weighted by atomic mass is 15.1. The number of nitrogens with zero attached hydrogens (tertiary/aromatic N) is 6. The van der Waals surface area contributed by atoms with Crippen LogP contribution < -0.4 is 0 Å². The molecule has 10 aromatic rings. The predicted molar refractivity (Wildman–Crippen MR) is 287 cm³/mol. The van der Waals surface area contributed by atoms with Crippen molar-refractivity contribution in [2.24, 2.45) is 0 Å². The third-order valence-corrected chi connectivity index (χ3v) is 15.4. The molecule has 70 heavy (non-hydrogen) atoms. The Hall–Kier alpha value is -7.70. The van der Waals surface area contributed by atoms with Gasteiger partial charge in [0.15, 0.2) is 23.3 Å². The van der Waals surface area contributed by atoms with Crippen molar-refractivity contribution in [3.05, 3.63) is 203 Å². The Kier molecular flexibility index (Phi) is 10.1. The molecule has 12 rings (SSSR count). The summed E-state index contributed by atoms with van der Waals surface area (Å²) in [5.41, 5.74) is 14.7. The van der Waals surface area contributed by atoms with Crippen LogP contribution in [0, 0.1) is 0 Å². The molecule has 1 unspecified atom stereocenters. The Morgan fingerprint density at radius 2 is 0.914 bits per heavy atom. The fraction of sp³-hybridized carbons (Fsp3) is 0.219. The number of hydrogen-bond donors (Lipinski definition) is 0. The van der Waals surface area contributed by atoms with Crippen molar-refractivity contribution in [1.29, 1.82) is 0 Å². The Balaban J connectivity index is 0.971. The molecule has 2 heterocycles. The highest BCUT2D eigenvalue weighted by molar-refractivity contribution is 5.96. The maximum Gasteiger partial charge on any atom is 0.164 e. The molecule has 6 nitrogen and oxygen atoms in total. The van der Waals surface area contributed by atoms with Gasteiger partial charge in [0.1, 0.15) is 11.6 Å². The summed E-state index contributed by atoms with van der Waals surface area (Å²) in [5, 5.41) is 4.55. The van der Waals surface area contributed by atoms with E-state index in [0.717, 1.165) is 62.0 Å². The molecule has 6 heteroatoms. The van der Waals surface area contributed by atoms with E-state index in [0.29, 0.717) is 29.7 Å². The third kappa shape index (κ3) is 7.14. The average molecular weight is 909 g/mol. The molecule has 0 amide bonds. The zero-order chi connectivity index (χ0) is 48.1. The van der Waals surface area contributed by atoms with Crippen LogP contribution in [-0.4, -0.2) is 29.9 Å². The van der Waals surface area contributed by atoms with Crippen molar-refractivity contribution >= 4 is 21.5 Å². The molecule has 0 saturated heterocycles. The lowest BCUT2D eigenvalue weighted by Crippen LogP contribution is -2.25. The summed E-state index contributed by atoms with van der Waals surface area (Å²) in [4.78, 5) is 31.9. The van der Waals surface area contributed by atoms with E-state index in [1.807, 2.05) is 0 Å². The van der Waals surface area contributed by atoms with Gasteiger partial charge in [0.25, 0.3) is 0 Å². The zero-order valence-electron chi connectivity index (χ0n) is 41.3. The Bertz CT molecular complexity index is 3750. The first-order valence-corrected chi connectivity index (χ1v) is 24.8. The summed E-state index contributed by atoms with van der Waals surface area (Å²) in [6.07, 6.45) is 1.57. The van der Waals surface area contributed by atoms with E-state index in [2.05, 4.69) is 219 Å². The molecule has 2 aliphatic carbocycles. The van der Waals surface area contributed by atoms with Gasteiger partial charge in [-0.3, -0.25) is 0 Å². The molecule has 342 valence electrons. The molecule has 0 fully saturated rings. The molecular formula is C64H56N6. The molecule has 0 bridgehead atoms. The van der Waals surface area contributed by atoms with Crippen LogP contribution in [-0.2, 0) is 22.7 Å². The predicted octanol–water partition coefficient (Wildman–Crippen LogP) is 15.7. The van der Waals surface area contributed by atoms with Crippen molar-refractivity contribution in [1.82, 2.24) is 29.9 Å². The van der Waals surface area contributed by atoms with Gasteiger partial charge in [-0.25, -0.2) is 29.9 Å². The van der Waals surface area contributed by atoms with Crippen LogP contribution in [0.3, 0.4) is 0 Å². The Morgan fingerprint density at radius 1 is 0.429 bits per heavy atom. The largest absolute Gasteiger partial charge is 0.213 e. The Morgan fingerprint density at radius 3 is 1.54 bits per heavy atom. The molecule has 2 aliphatic rings. The first-order chi connectivity index (χ1) is 33.8. The smallest absolute Gasteiger partial charge is 0.164 e. The van der Waals surface area contributed by atoms with E-state index in [4.69, 9.17) is 29.9 Å². The second-order valence-electron chi connectivity index (χ2n) is 21.3. The lowest BCUT2D eigenvalue weighted by atomic mass is 9.82. The average Bonchev–Trinajstić information content (AvgIpc) is 3.76. The van der Waals surface area contributed by atoms with Crippen LogP contribution in [0.4, 0.5) is 0 Å². The standard InChI is InChI=1S/C64H56N6/c1-9-38(2)56-65-57(44-28-30-49-47-22-14-16-24-52(47)63(5,6)54(49)35-44)68-60(66-56)51-33-39(32-42-20-12-13-21-46(42)51)37-62(3,4)61-69-58(43-27-26-40-18-10-11-19-41(40)34-43)67-59(70-61)45-29-31-50-48-23-15-17-25-53(48)64(7,8)55(50)36-45/h10-36,38H,9,37H2,1-8H3. The molecule has 1 atom stereocenters. The van der Waals surface area contributed by atoms with Crippen molar-refractivity contribution < 1.29 is 0 Å². The van der Waals surface area contributed by atoms with Gasteiger partial charge in [-0.1, -0.05) is 195 Å². The third-order valence-electron chi connectivity index (χ3n) is 15.4. The van der Waals surface area contributed by atoms with Gasteiger partial charge >= 0.3 is 0 Å². The van der Waals surface area contributed by atoms with Crippen LogP contribution >= 0.6 is 0 Å². The maximum absolute atomic E-state index is 5.40. The summed E-state index contributed by atoms with van der Waals surface area (Å²) >= 11 is 0. The summed E-state index contributed by atoms with van der Waals surface area (Å²) < 4.78 is 0. The number of benzene rings is 8. The van der Waals surface area contributed by atoms with Crippen LogP contribution in [0.1, 0.15) is 107 Å². The Labute approximate surface area is 411 Å². The van der Waals surface area contributed by atoms with E-state index < -0.39 is 5.41 Å². The summed E-state index contributed by atoms with van der Waals surface area (Å²) in [7, 11) is 0. The maximum atomic E-state index is 5.40. The van der Waals surface area contributed by atoms with Gasteiger partial charge in [-0.05, 0) is 109 Å². The molecule has 0 radical (unpaired) electrons. The molecule has 8 aromatic carbocycles. The van der Waals surface area contributed by atoms with Crippen LogP contribution in [0.15, 0.2) is 164 Å². The summed E-state index contributed by atoms with van der Waals surface area (Å²) in [5.74, 6) is 4.40. The van der Waals surface area contributed by atoms with Gasteiger partial charge < -0.3 is 0 Å². The molecule has 0 spiro atoms. The van der Waals surface area contributed by atoms with E-state index in [9.17, 15) is 0 Å². The molecular weight excluding hydrogens is 853 g/mol.